The zero-order chi connectivity index (χ0) is 11.2. The fourth-order valence-corrected chi connectivity index (χ4v) is 2.68. The van der Waals surface area contributed by atoms with E-state index >= 15 is 0 Å². The number of hydrogen-bond donors (Lipinski definition) is 1. The molecule has 0 amide bonds. The minimum atomic E-state index is -0.0131. The summed E-state index contributed by atoms with van der Waals surface area (Å²) in [6.07, 6.45) is 3.49. The van der Waals surface area contributed by atoms with Crippen molar-refractivity contribution in [1.82, 2.24) is 5.16 Å². The molecule has 0 aliphatic heterocycles. The molecule has 0 fully saturated rings. The number of fused-ring (bicyclic) bond motifs is 1. The van der Waals surface area contributed by atoms with Gasteiger partial charge in [-0.2, -0.15) is 0 Å². The van der Waals surface area contributed by atoms with E-state index < -0.39 is 0 Å². The quantitative estimate of drug-likeness (QED) is 0.792. The van der Waals surface area contributed by atoms with Crippen LogP contribution in [0.25, 0.3) is 0 Å². The van der Waals surface area contributed by atoms with E-state index in [1.807, 2.05) is 0 Å². The van der Waals surface area contributed by atoms with E-state index in [1.165, 1.54) is 17.4 Å². The second-order valence-electron chi connectivity index (χ2n) is 4.80. The predicted octanol–water partition coefficient (Wildman–Crippen LogP) is 2.31. The van der Waals surface area contributed by atoms with Crippen molar-refractivity contribution in [1.29, 1.82) is 0 Å². The van der Waals surface area contributed by atoms with Crippen molar-refractivity contribution in [2.75, 3.05) is 5.73 Å². The lowest BCUT2D eigenvalue weighted by atomic mass is 9.83. The minimum absolute atomic E-state index is 0.0131. The van der Waals surface area contributed by atoms with E-state index in [0.29, 0.717) is 5.69 Å². The first kappa shape index (κ1) is 9.46. The van der Waals surface area contributed by atoms with Gasteiger partial charge in [0.25, 0.3) is 0 Å². The van der Waals surface area contributed by atoms with Crippen LogP contribution < -0.4 is 5.73 Å². The highest BCUT2D eigenvalue weighted by Crippen LogP contribution is 2.40. The molecule has 0 bridgehead atoms. The van der Waals surface area contributed by atoms with Gasteiger partial charge in [-0.3, -0.25) is 0 Å². The van der Waals surface area contributed by atoms with Gasteiger partial charge in [-0.1, -0.05) is 36.3 Å². The summed E-state index contributed by atoms with van der Waals surface area (Å²) in [5.74, 6) is 0. The van der Waals surface area contributed by atoms with Crippen molar-refractivity contribution in [2.24, 2.45) is 0 Å². The Hall–Kier alpha value is -1.77. The summed E-state index contributed by atoms with van der Waals surface area (Å²) in [5, 5.41) is 4.05. The van der Waals surface area contributed by atoms with Crippen molar-refractivity contribution in [2.45, 2.75) is 25.2 Å². The van der Waals surface area contributed by atoms with Crippen molar-refractivity contribution in [3.63, 3.8) is 0 Å². The van der Waals surface area contributed by atoms with Gasteiger partial charge in [0, 0.05) is 5.41 Å². The minimum Gasteiger partial charge on any atom is -0.395 e. The lowest BCUT2D eigenvalue weighted by Gasteiger charge is -2.20. The first-order chi connectivity index (χ1) is 7.69. The molecule has 2 N–H and O–H groups in total. The lowest BCUT2D eigenvalue weighted by Crippen LogP contribution is -2.24. The summed E-state index contributed by atoms with van der Waals surface area (Å²) in [5.41, 5.74) is 10.2. The fraction of sp³-hybridized carbons (Fsp3) is 0.308. The van der Waals surface area contributed by atoms with Gasteiger partial charge in [0.2, 0.25) is 0 Å². The lowest BCUT2D eigenvalue weighted by molar-refractivity contribution is 0.379. The molecule has 0 spiro atoms. The van der Waals surface area contributed by atoms with Crippen LogP contribution in [0.15, 0.2) is 35.1 Å². The third-order valence-corrected chi connectivity index (χ3v) is 3.45. The Morgan fingerprint density at radius 1 is 1.25 bits per heavy atom. The molecule has 16 heavy (non-hydrogen) atoms. The van der Waals surface area contributed by atoms with Gasteiger partial charge in [0.1, 0.15) is 12.0 Å². The Morgan fingerprint density at radius 2 is 1.88 bits per heavy atom. The molecule has 0 saturated carbocycles. The topological polar surface area (TPSA) is 52.0 Å². The second-order valence-corrected chi connectivity index (χ2v) is 4.80. The summed E-state index contributed by atoms with van der Waals surface area (Å²) in [6, 6.07) is 8.52. The maximum Gasteiger partial charge on any atom is 0.147 e. The number of anilines is 1. The summed E-state index contributed by atoms with van der Waals surface area (Å²) in [6.45, 7) is 2.20. The van der Waals surface area contributed by atoms with Gasteiger partial charge < -0.3 is 10.3 Å². The van der Waals surface area contributed by atoms with Gasteiger partial charge in [0.15, 0.2) is 0 Å². The summed E-state index contributed by atoms with van der Waals surface area (Å²) in [4.78, 5) is 0. The summed E-state index contributed by atoms with van der Waals surface area (Å²) < 4.78 is 4.95. The smallest absolute Gasteiger partial charge is 0.147 e. The van der Waals surface area contributed by atoms with E-state index in [1.54, 1.807) is 0 Å². The summed E-state index contributed by atoms with van der Waals surface area (Å²) in [7, 11) is 0. The van der Waals surface area contributed by atoms with E-state index in [2.05, 4.69) is 36.3 Å². The number of hydrogen-bond acceptors (Lipinski definition) is 3. The molecular weight excluding hydrogens is 200 g/mol. The maximum absolute atomic E-state index is 5.88. The molecule has 1 heterocycles. The van der Waals surface area contributed by atoms with Crippen LogP contribution in [-0.2, 0) is 18.3 Å². The second kappa shape index (κ2) is 3.11. The summed E-state index contributed by atoms with van der Waals surface area (Å²) >= 11 is 0. The average molecular weight is 214 g/mol. The fourth-order valence-electron chi connectivity index (χ4n) is 2.68. The zero-order valence-corrected chi connectivity index (χ0v) is 9.23. The molecule has 2 aromatic rings. The normalized spacial score (nSPS) is 17.3. The Balaban J connectivity index is 2.04. The Bertz CT molecular complexity index is 505. The maximum atomic E-state index is 5.88. The van der Waals surface area contributed by atoms with Crippen LogP contribution in [0.1, 0.15) is 23.7 Å². The van der Waals surface area contributed by atoms with Crippen LogP contribution in [0.5, 0.6) is 0 Å². The van der Waals surface area contributed by atoms with Gasteiger partial charge in [0.05, 0.1) is 5.69 Å². The standard InChI is InChI=1S/C13H14N2O/c1-13(12-11(14)8-16-15-12)6-9-4-2-3-5-10(9)7-13/h2-5,8H,6-7,14H2,1H3. The third kappa shape index (κ3) is 1.24. The van der Waals surface area contributed by atoms with E-state index in [0.717, 1.165) is 18.5 Å². The first-order valence-electron chi connectivity index (χ1n) is 5.46. The molecule has 1 aliphatic rings. The first-order valence-corrected chi connectivity index (χ1v) is 5.46. The van der Waals surface area contributed by atoms with Crippen LogP contribution >= 0.6 is 0 Å². The molecule has 1 aromatic heterocycles. The highest BCUT2D eigenvalue weighted by atomic mass is 16.5. The van der Waals surface area contributed by atoms with Crippen molar-refractivity contribution < 1.29 is 4.52 Å². The number of benzene rings is 1. The van der Waals surface area contributed by atoms with Crippen LogP contribution in [0.4, 0.5) is 5.69 Å². The van der Waals surface area contributed by atoms with E-state index in [-0.39, 0.29) is 5.41 Å². The van der Waals surface area contributed by atoms with Crippen LogP contribution in [0.2, 0.25) is 0 Å². The average Bonchev–Trinajstić information content (AvgIpc) is 2.81. The highest BCUT2D eigenvalue weighted by Gasteiger charge is 2.38. The largest absolute Gasteiger partial charge is 0.395 e. The van der Waals surface area contributed by atoms with Gasteiger partial charge in [-0.25, -0.2) is 0 Å². The monoisotopic (exact) mass is 214 g/mol. The Labute approximate surface area is 94.2 Å². The molecule has 0 saturated heterocycles. The molecule has 82 valence electrons. The molecular formula is C13H14N2O. The molecule has 0 atom stereocenters. The third-order valence-electron chi connectivity index (χ3n) is 3.45. The number of nitrogen functional groups attached to an aromatic ring is 1. The zero-order valence-electron chi connectivity index (χ0n) is 9.23. The van der Waals surface area contributed by atoms with Gasteiger partial charge in [-0.15, -0.1) is 0 Å². The van der Waals surface area contributed by atoms with E-state index in [9.17, 15) is 0 Å². The number of rotatable bonds is 1. The van der Waals surface area contributed by atoms with Crippen molar-refractivity contribution in [3.05, 3.63) is 47.3 Å². The predicted molar refractivity (Wildman–Crippen MR) is 62.1 cm³/mol. The van der Waals surface area contributed by atoms with Gasteiger partial charge >= 0.3 is 0 Å². The molecule has 3 rings (SSSR count). The molecule has 1 aliphatic carbocycles. The van der Waals surface area contributed by atoms with E-state index in [4.69, 9.17) is 10.3 Å². The molecule has 1 aromatic carbocycles. The molecule has 3 heteroatoms. The highest BCUT2D eigenvalue weighted by molar-refractivity contribution is 5.48. The number of nitrogens with zero attached hydrogens (tertiary/aromatic N) is 1. The van der Waals surface area contributed by atoms with Crippen LogP contribution in [0.3, 0.4) is 0 Å². The van der Waals surface area contributed by atoms with Crippen molar-refractivity contribution in [3.8, 4) is 0 Å². The molecule has 3 nitrogen and oxygen atoms in total. The number of nitrogens with two attached hydrogens (primary N) is 1. The van der Waals surface area contributed by atoms with Crippen molar-refractivity contribution >= 4 is 5.69 Å². The Morgan fingerprint density at radius 3 is 2.38 bits per heavy atom. The SMILES string of the molecule is CC1(c2nocc2N)Cc2ccccc2C1. The number of aromatic nitrogens is 1. The van der Waals surface area contributed by atoms with Crippen LogP contribution in [0, 0.1) is 0 Å². The van der Waals surface area contributed by atoms with Crippen LogP contribution in [-0.4, -0.2) is 5.16 Å². The van der Waals surface area contributed by atoms with Gasteiger partial charge in [-0.05, 0) is 24.0 Å². The Kier molecular flexibility index (Phi) is 1.84. The molecule has 0 unspecified atom stereocenters. The molecule has 0 radical (unpaired) electrons.